The van der Waals surface area contributed by atoms with Crippen molar-refractivity contribution in [3.63, 3.8) is 0 Å². The summed E-state index contributed by atoms with van der Waals surface area (Å²) in [5.74, 6) is 0.597. The van der Waals surface area contributed by atoms with Crippen molar-refractivity contribution < 1.29 is 0 Å². The minimum absolute atomic E-state index is 0.597. The van der Waals surface area contributed by atoms with Gasteiger partial charge in [0.1, 0.15) is 0 Å². The van der Waals surface area contributed by atoms with Crippen molar-refractivity contribution in [2.24, 2.45) is 0 Å². The van der Waals surface area contributed by atoms with E-state index in [2.05, 4.69) is 55.1 Å². The quantitative estimate of drug-likeness (QED) is 0.845. The molecule has 2 aromatic rings. The highest BCUT2D eigenvalue weighted by Crippen LogP contribution is 2.28. The maximum Gasteiger partial charge on any atom is 0.0991 e. The molecule has 0 fully saturated rings. The molecule has 0 amide bonds. The van der Waals surface area contributed by atoms with Crippen LogP contribution in [0.4, 0.5) is 0 Å². The third-order valence-corrected chi connectivity index (χ3v) is 4.49. The zero-order chi connectivity index (χ0) is 15.5. The van der Waals surface area contributed by atoms with Gasteiger partial charge in [0.2, 0.25) is 0 Å². The largest absolute Gasteiger partial charge is 0.294 e. The summed E-state index contributed by atoms with van der Waals surface area (Å²) in [7, 11) is 0. The summed E-state index contributed by atoms with van der Waals surface area (Å²) in [5.41, 5.74) is 6.56. The van der Waals surface area contributed by atoms with E-state index in [1.54, 1.807) is 5.56 Å². The Labute approximate surface area is 133 Å². The molecule has 0 aliphatic carbocycles. The Bertz CT molecular complexity index is 693. The third kappa shape index (κ3) is 3.05. The Morgan fingerprint density at radius 1 is 1.14 bits per heavy atom. The van der Waals surface area contributed by atoms with Crippen molar-refractivity contribution >= 4 is 0 Å². The zero-order valence-corrected chi connectivity index (χ0v) is 13.3. The van der Waals surface area contributed by atoms with Crippen molar-refractivity contribution in [2.45, 2.75) is 39.3 Å². The van der Waals surface area contributed by atoms with Gasteiger partial charge in [-0.2, -0.15) is 5.26 Å². The van der Waals surface area contributed by atoms with E-state index in [-0.39, 0.29) is 0 Å². The first-order valence-electron chi connectivity index (χ1n) is 7.99. The fourth-order valence-corrected chi connectivity index (χ4v) is 3.32. The van der Waals surface area contributed by atoms with Gasteiger partial charge in [-0.15, -0.1) is 0 Å². The standard InChI is InChI=1S/C20H22N2/c1-15(2)19-5-3-4-18-14-22(11-10-20(18)19)13-17-8-6-16(12-21)7-9-17/h3-9,15H,10-11,13-14H2,1-2H3. The summed E-state index contributed by atoms with van der Waals surface area (Å²) in [4.78, 5) is 2.49. The molecule has 1 aliphatic heterocycles. The SMILES string of the molecule is CC(C)c1cccc2c1CCN(Cc1ccc(C#N)cc1)C2. The molecule has 0 radical (unpaired) electrons. The molecule has 0 saturated heterocycles. The molecule has 0 aromatic heterocycles. The molecular formula is C20H22N2. The number of fused-ring (bicyclic) bond motifs is 1. The van der Waals surface area contributed by atoms with Crippen molar-refractivity contribution in [2.75, 3.05) is 6.54 Å². The van der Waals surface area contributed by atoms with Crippen molar-refractivity contribution in [3.8, 4) is 6.07 Å². The molecule has 0 saturated carbocycles. The number of rotatable bonds is 3. The van der Waals surface area contributed by atoms with Gasteiger partial charge < -0.3 is 0 Å². The average molecular weight is 290 g/mol. The Hall–Kier alpha value is -2.11. The monoisotopic (exact) mass is 290 g/mol. The number of nitrogens with zero attached hydrogens (tertiary/aromatic N) is 2. The van der Waals surface area contributed by atoms with Crippen LogP contribution in [0.1, 0.15) is 47.6 Å². The van der Waals surface area contributed by atoms with Crippen molar-refractivity contribution in [1.82, 2.24) is 4.90 Å². The van der Waals surface area contributed by atoms with Gasteiger partial charge in [-0.25, -0.2) is 0 Å². The second-order valence-electron chi connectivity index (χ2n) is 6.41. The van der Waals surface area contributed by atoms with Crippen LogP contribution in [0, 0.1) is 11.3 Å². The highest BCUT2D eigenvalue weighted by molar-refractivity contribution is 5.39. The lowest BCUT2D eigenvalue weighted by molar-refractivity contribution is 0.245. The molecule has 0 atom stereocenters. The van der Waals surface area contributed by atoms with E-state index in [1.165, 1.54) is 16.7 Å². The summed E-state index contributed by atoms with van der Waals surface area (Å²) in [5, 5.41) is 8.87. The minimum atomic E-state index is 0.597. The molecule has 3 rings (SSSR count). The van der Waals surface area contributed by atoms with Gasteiger partial charge in [-0.1, -0.05) is 44.2 Å². The molecule has 2 heteroatoms. The van der Waals surface area contributed by atoms with Gasteiger partial charge in [0.25, 0.3) is 0 Å². The smallest absolute Gasteiger partial charge is 0.0991 e. The van der Waals surface area contributed by atoms with E-state index < -0.39 is 0 Å². The predicted molar refractivity (Wildman–Crippen MR) is 89.5 cm³/mol. The summed E-state index contributed by atoms with van der Waals surface area (Å²) in [6.07, 6.45) is 1.14. The Morgan fingerprint density at radius 3 is 2.59 bits per heavy atom. The molecule has 22 heavy (non-hydrogen) atoms. The van der Waals surface area contributed by atoms with Gasteiger partial charge in [-0.3, -0.25) is 4.90 Å². The molecule has 0 bridgehead atoms. The predicted octanol–water partition coefficient (Wildman–Crippen LogP) is 4.24. The molecule has 2 nitrogen and oxygen atoms in total. The summed E-state index contributed by atoms with van der Waals surface area (Å²) in [6, 6.07) is 16.9. The molecule has 1 aliphatic rings. The number of nitriles is 1. The number of hydrogen-bond donors (Lipinski definition) is 0. The maximum absolute atomic E-state index is 8.87. The highest BCUT2D eigenvalue weighted by Gasteiger charge is 2.19. The fraction of sp³-hybridized carbons (Fsp3) is 0.350. The topological polar surface area (TPSA) is 27.0 Å². The van der Waals surface area contributed by atoms with Gasteiger partial charge in [0, 0.05) is 19.6 Å². The van der Waals surface area contributed by atoms with E-state index >= 15 is 0 Å². The van der Waals surface area contributed by atoms with Crippen LogP contribution in [-0.2, 0) is 19.5 Å². The van der Waals surface area contributed by atoms with Crippen LogP contribution in [0.5, 0.6) is 0 Å². The van der Waals surface area contributed by atoms with Crippen LogP contribution in [0.25, 0.3) is 0 Å². The van der Waals surface area contributed by atoms with E-state index in [0.29, 0.717) is 5.92 Å². The second kappa shape index (κ2) is 6.34. The van der Waals surface area contributed by atoms with E-state index in [9.17, 15) is 0 Å². The normalized spacial score (nSPS) is 14.6. The number of hydrogen-bond acceptors (Lipinski definition) is 2. The van der Waals surface area contributed by atoms with Crippen LogP contribution in [0.15, 0.2) is 42.5 Å². The highest BCUT2D eigenvalue weighted by atomic mass is 15.1. The lowest BCUT2D eigenvalue weighted by Crippen LogP contribution is -2.30. The van der Waals surface area contributed by atoms with Gasteiger partial charge in [-0.05, 0) is 46.7 Å². The van der Waals surface area contributed by atoms with Gasteiger partial charge in [0.05, 0.1) is 11.6 Å². The molecule has 0 unspecified atom stereocenters. The lowest BCUT2D eigenvalue weighted by atomic mass is 9.89. The van der Waals surface area contributed by atoms with Crippen LogP contribution >= 0.6 is 0 Å². The first-order chi connectivity index (χ1) is 10.7. The number of benzene rings is 2. The second-order valence-corrected chi connectivity index (χ2v) is 6.41. The average Bonchev–Trinajstić information content (AvgIpc) is 2.54. The molecule has 0 spiro atoms. The van der Waals surface area contributed by atoms with Crippen LogP contribution in [0.2, 0.25) is 0 Å². The lowest BCUT2D eigenvalue weighted by Gasteiger charge is -2.31. The van der Waals surface area contributed by atoms with Crippen LogP contribution in [-0.4, -0.2) is 11.4 Å². The maximum atomic E-state index is 8.87. The first kappa shape index (κ1) is 14.8. The molecular weight excluding hydrogens is 268 g/mol. The third-order valence-electron chi connectivity index (χ3n) is 4.49. The molecule has 0 N–H and O–H groups in total. The van der Waals surface area contributed by atoms with Gasteiger partial charge in [0.15, 0.2) is 0 Å². The van der Waals surface area contributed by atoms with Crippen LogP contribution in [0.3, 0.4) is 0 Å². The van der Waals surface area contributed by atoms with Crippen molar-refractivity contribution in [3.05, 3.63) is 70.3 Å². The van der Waals surface area contributed by atoms with Crippen LogP contribution < -0.4 is 0 Å². The summed E-state index contributed by atoms with van der Waals surface area (Å²) >= 11 is 0. The van der Waals surface area contributed by atoms with E-state index in [4.69, 9.17) is 5.26 Å². The Kier molecular flexibility index (Phi) is 4.27. The van der Waals surface area contributed by atoms with Crippen molar-refractivity contribution in [1.29, 1.82) is 5.26 Å². The Morgan fingerprint density at radius 2 is 1.91 bits per heavy atom. The fourth-order valence-electron chi connectivity index (χ4n) is 3.32. The first-order valence-corrected chi connectivity index (χ1v) is 7.99. The van der Waals surface area contributed by atoms with E-state index in [1.807, 2.05) is 12.1 Å². The molecule has 2 aromatic carbocycles. The molecule has 112 valence electrons. The minimum Gasteiger partial charge on any atom is -0.294 e. The van der Waals surface area contributed by atoms with E-state index in [0.717, 1.165) is 31.6 Å². The van der Waals surface area contributed by atoms with Gasteiger partial charge >= 0.3 is 0 Å². The zero-order valence-electron chi connectivity index (χ0n) is 13.3. The molecule has 1 heterocycles. The summed E-state index contributed by atoms with van der Waals surface area (Å²) in [6.45, 7) is 7.64. The summed E-state index contributed by atoms with van der Waals surface area (Å²) < 4.78 is 0. The Balaban J connectivity index is 1.74.